The number of carbonyl (C=O) groups is 1. The maximum Gasteiger partial charge on any atom is 0.264 e. The van der Waals surface area contributed by atoms with Crippen molar-refractivity contribution in [2.75, 3.05) is 4.31 Å². The van der Waals surface area contributed by atoms with Gasteiger partial charge in [0, 0.05) is 25.4 Å². The SMILES string of the molecule is Cn1cc(CN)c(N2C(=O)C(C)(C)S2(=O)=O)n1. The summed E-state index contributed by atoms with van der Waals surface area (Å²) in [5, 5.41) is 3.98. The molecule has 8 heteroatoms. The van der Waals surface area contributed by atoms with Gasteiger partial charge in [0.05, 0.1) is 0 Å². The van der Waals surface area contributed by atoms with E-state index in [0.717, 1.165) is 4.31 Å². The van der Waals surface area contributed by atoms with E-state index in [1.807, 2.05) is 0 Å². The van der Waals surface area contributed by atoms with Gasteiger partial charge in [-0.3, -0.25) is 9.48 Å². The van der Waals surface area contributed by atoms with Crippen LogP contribution in [0.5, 0.6) is 0 Å². The number of carbonyl (C=O) groups excluding carboxylic acids is 1. The number of sulfonamides is 1. The second-order valence-corrected chi connectivity index (χ2v) is 6.78. The van der Waals surface area contributed by atoms with E-state index < -0.39 is 20.7 Å². The molecule has 2 rings (SSSR count). The van der Waals surface area contributed by atoms with Crippen LogP contribution in [0.15, 0.2) is 6.20 Å². The van der Waals surface area contributed by atoms with Gasteiger partial charge in [0.2, 0.25) is 0 Å². The van der Waals surface area contributed by atoms with E-state index in [0.29, 0.717) is 5.56 Å². The molecule has 1 saturated heterocycles. The van der Waals surface area contributed by atoms with Gasteiger partial charge in [-0.2, -0.15) is 9.40 Å². The lowest BCUT2D eigenvalue weighted by molar-refractivity contribution is -0.120. The number of amides is 1. The largest absolute Gasteiger partial charge is 0.326 e. The standard InChI is InChI=1S/C9H14N4O3S/c1-9(2)8(14)13(17(9,15)16)7-6(4-10)5-12(3)11-7/h5H,4,10H2,1-3H3. The number of aromatic nitrogens is 2. The number of nitrogens with zero attached hydrogens (tertiary/aromatic N) is 3. The number of aryl methyl sites for hydroxylation is 1. The number of anilines is 1. The quantitative estimate of drug-likeness (QED) is 0.759. The van der Waals surface area contributed by atoms with Gasteiger partial charge in [-0.25, -0.2) is 8.42 Å². The molecule has 1 aliphatic rings. The van der Waals surface area contributed by atoms with Crippen LogP contribution in [-0.4, -0.2) is 28.9 Å². The van der Waals surface area contributed by atoms with Crippen molar-refractivity contribution >= 4 is 21.7 Å². The molecular formula is C9H14N4O3S. The molecule has 2 N–H and O–H groups in total. The fourth-order valence-corrected chi connectivity index (χ4v) is 3.17. The van der Waals surface area contributed by atoms with Crippen LogP contribution in [0.1, 0.15) is 19.4 Å². The van der Waals surface area contributed by atoms with E-state index in [4.69, 9.17) is 5.73 Å². The Morgan fingerprint density at radius 2 is 2.06 bits per heavy atom. The molecule has 1 aliphatic heterocycles. The first kappa shape index (κ1) is 12.1. The number of hydrogen-bond donors (Lipinski definition) is 1. The zero-order valence-electron chi connectivity index (χ0n) is 9.84. The Bertz CT molecular complexity index is 587. The van der Waals surface area contributed by atoms with Crippen LogP contribution in [-0.2, 0) is 28.4 Å². The van der Waals surface area contributed by atoms with E-state index >= 15 is 0 Å². The Labute approximate surface area is 99.2 Å². The lowest BCUT2D eigenvalue weighted by Crippen LogP contribution is -2.68. The van der Waals surface area contributed by atoms with Gasteiger partial charge in [0.1, 0.15) is 0 Å². The Morgan fingerprint density at radius 1 is 1.47 bits per heavy atom. The predicted molar refractivity (Wildman–Crippen MR) is 61.6 cm³/mol. The Balaban J connectivity index is 2.54. The summed E-state index contributed by atoms with van der Waals surface area (Å²) in [5.74, 6) is -0.370. The average molecular weight is 258 g/mol. The number of rotatable bonds is 2. The fourth-order valence-electron chi connectivity index (χ4n) is 1.70. The van der Waals surface area contributed by atoms with Crippen LogP contribution < -0.4 is 10.0 Å². The smallest absolute Gasteiger partial charge is 0.264 e. The Kier molecular flexibility index (Phi) is 2.34. The molecule has 0 unspecified atom stereocenters. The third kappa shape index (κ3) is 1.34. The molecule has 0 atom stereocenters. The maximum atomic E-state index is 12.0. The summed E-state index contributed by atoms with van der Waals surface area (Å²) in [7, 11) is -2.03. The third-order valence-electron chi connectivity index (χ3n) is 2.88. The molecule has 7 nitrogen and oxygen atoms in total. The van der Waals surface area contributed by atoms with Crippen molar-refractivity contribution in [1.29, 1.82) is 0 Å². The highest BCUT2D eigenvalue weighted by Crippen LogP contribution is 2.39. The molecule has 2 heterocycles. The number of nitrogens with two attached hydrogens (primary N) is 1. The summed E-state index contributed by atoms with van der Waals surface area (Å²) in [5.41, 5.74) is 6.02. The molecule has 94 valence electrons. The van der Waals surface area contributed by atoms with Gasteiger partial charge >= 0.3 is 0 Å². The maximum absolute atomic E-state index is 12.0. The summed E-state index contributed by atoms with van der Waals surface area (Å²) in [6, 6.07) is 0. The molecule has 0 saturated carbocycles. The monoisotopic (exact) mass is 258 g/mol. The van der Waals surface area contributed by atoms with Crippen molar-refractivity contribution in [1.82, 2.24) is 9.78 Å². The fraction of sp³-hybridized carbons (Fsp3) is 0.556. The topological polar surface area (TPSA) is 98.3 Å². The minimum absolute atomic E-state index is 0.110. The van der Waals surface area contributed by atoms with Gasteiger partial charge in [0.15, 0.2) is 10.6 Å². The lowest BCUT2D eigenvalue weighted by Gasteiger charge is -2.41. The zero-order valence-corrected chi connectivity index (χ0v) is 10.7. The van der Waals surface area contributed by atoms with E-state index in [1.54, 1.807) is 13.2 Å². The second-order valence-electron chi connectivity index (χ2n) is 4.44. The predicted octanol–water partition coefficient (Wildman–Crippen LogP) is -0.666. The highest BCUT2D eigenvalue weighted by Gasteiger charge is 2.62. The van der Waals surface area contributed by atoms with E-state index in [2.05, 4.69) is 5.10 Å². The molecule has 0 aliphatic carbocycles. The van der Waals surface area contributed by atoms with Crippen LogP contribution in [0.4, 0.5) is 5.82 Å². The Hall–Kier alpha value is -1.41. The molecule has 0 bridgehead atoms. The van der Waals surface area contributed by atoms with Gasteiger partial charge in [0.25, 0.3) is 15.9 Å². The summed E-state index contributed by atoms with van der Waals surface area (Å²) < 4.78 is 24.7. The first-order valence-corrected chi connectivity index (χ1v) is 6.49. The minimum Gasteiger partial charge on any atom is -0.326 e. The van der Waals surface area contributed by atoms with Crippen molar-refractivity contribution in [3.63, 3.8) is 0 Å². The van der Waals surface area contributed by atoms with Crippen molar-refractivity contribution in [2.24, 2.45) is 12.8 Å². The molecule has 1 aromatic rings. The first-order valence-electron chi connectivity index (χ1n) is 5.05. The molecule has 1 fully saturated rings. The van der Waals surface area contributed by atoms with Crippen molar-refractivity contribution < 1.29 is 13.2 Å². The molecule has 0 radical (unpaired) electrons. The van der Waals surface area contributed by atoms with Crippen LogP contribution in [0.2, 0.25) is 0 Å². The summed E-state index contributed by atoms with van der Waals surface area (Å²) >= 11 is 0. The van der Waals surface area contributed by atoms with Crippen molar-refractivity contribution in [3.8, 4) is 0 Å². The number of hydrogen-bond acceptors (Lipinski definition) is 5. The van der Waals surface area contributed by atoms with Gasteiger partial charge in [-0.05, 0) is 13.8 Å². The van der Waals surface area contributed by atoms with E-state index in [9.17, 15) is 13.2 Å². The van der Waals surface area contributed by atoms with Gasteiger partial charge in [-0.15, -0.1) is 0 Å². The molecule has 0 spiro atoms. The van der Waals surface area contributed by atoms with Crippen molar-refractivity contribution in [3.05, 3.63) is 11.8 Å². The van der Waals surface area contributed by atoms with Crippen LogP contribution in [0.25, 0.3) is 0 Å². The van der Waals surface area contributed by atoms with Gasteiger partial charge < -0.3 is 5.73 Å². The summed E-state index contributed by atoms with van der Waals surface area (Å²) in [6.07, 6.45) is 1.60. The average Bonchev–Trinajstić information content (AvgIpc) is 2.58. The Morgan fingerprint density at radius 3 is 2.53 bits per heavy atom. The molecular weight excluding hydrogens is 244 g/mol. The second kappa shape index (κ2) is 3.30. The summed E-state index contributed by atoms with van der Waals surface area (Å²) in [6.45, 7) is 2.89. The first-order chi connectivity index (χ1) is 7.73. The van der Waals surface area contributed by atoms with Crippen LogP contribution in [0.3, 0.4) is 0 Å². The minimum atomic E-state index is -3.67. The lowest BCUT2D eigenvalue weighted by atomic mass is 10.2. The summed E-state index contributed by atoms with van der Waals surface area (Å²) in [4.78, 5) is 11.8. The van der Waals surface area contributed by atoms with Crippen LogP contribution >= 0.6 is 0 Å². The molecule has 1 aromatic heterocycles. The van der Waals surface area contributed by atoms with E-state index in [1.165, 1.54) is 18.5 Å². The third-order valence-corrected chi connectivity index (χ3v) is 5.16. The highest BCUT2D eigenvalue weighted by atomic mass is 32.2. The van der Waals surface area contributed by atoms with Crippen LogP contribution in [0, 0.1) is 0 Å². The van der Waals surface area contributed by atoms with Crippen molar-refractivity contribution in [2.45, 2.75) is 25.1 Å². The molecule has 0 aromatic carbocycles. The molecule has 1 amide bonds. The molecule has 17 heavy (non-hydrogen) atoms. The van der Waals surface area contributed by atoms with Gasteiger partial charge in [-0.1, -0.05) is 0 Å². The normalized spacial score (nSPS) is 21.4. The zero-order chi connectivity index (χ0) is 13.0. The highest BCUT2D eigenvalue weighted by molar-refractivity contribution is 7.98. The van der Waals surface area contributed by atoms with E-state index in [-0.39, 0.29) is 12.4 Å².